The molecule has 0 bridgehead atoms. The average molecular weight is 303 g/mol. The van der Waals surface area contributed by atoms with Gasteiger partial charge in [0.25, 0.3) is 0 Å². The Morgan fingerprint density at radius 3 is 1.05 bits per heavy atom. The molecule has 0 aromatic carbocycles. The van der Waals surface area contributed by atoms with Gasteiger partial charge in [-0.3, -0.25) is 0 Å². The normalized spacial score (nSPS) is 11.4. The molecule has 21 heavy (non-hydrogen) atoms. The Morgan fingerprint density at radius 1 is 0.476 bits per heavy atom. The third-order valence-electron chi connectivity index (χ3n) is 4.18. The molecule has 0 aromatic rings. The summed E-state index contributed by atoms with van der Waals surface area (Å²) in [6, 6.07) is 0. The number of hydrogen-bond acceptors (Lipinski definition) is 0. The summed E-state index contributed by atoms with van der Waals surface area (Å²) in [6.45, 7) is 3.63. The monoisotopic (exact) mass is 302 g/mol. The van der Waals surface area contributed by atoms with E-state index in [1.54, 1.807) is 0 Å². The summed E-state index contributed by atoms with van der Waals surface area (Å²) in [4.78, 5) is 0. The fraction of sp³-hybridized carbons (Fsp3) is 1.00. The predicted molar refractivity (Wildman–Crippen MR) is 96.8 cm³/mol. The van der Waals surface area contributed by atoms with Gasteiger partial charge in [-0.25, -0.2) is 0 Å². The molecule has 0 unspecified atom stereocenters. The third-order valence-corrected chi connectivity index (χ3v) is 4.18. The van der Waals surface area contributed by atoms with Crippen molar-refractivity contribution in [2.45, 2.75) is 96.8 Å². The topological polar surface area (TPSA) is 31.5 Å². The van der Waals surface area contributed by atoms with E-state index < -0.39 is 0 Å². The van der Waals surface area contributed by atoms with Crippen LogP contribution in [0.1, 0.15) is 96.8 Å². The first-order chi connectivity index (χ1) is 9.56. The largest absolute Gasteiger partial charge is 0.412 e. The van der Waals surface area contributed by atoms with Crippen molar-refractivity contribution < 1.29 is 9.96 Å². The van der Waals surface area contributed by atoms with E-state index >= 15 is 0 Å². The molecule has 0 aliphatic rings. The fourth-order valence-electron chi connectivity index (χ4n) is 2.78. The lowest BCUT2D eigenvalue weighted by atomic mass is 10.0. The second-order valence-corrected chi connectivity index (χ2v) is 7.61. The van der Waals surface area contributed by atoms with E-state index in [2.05, 4.69) is 28.1 Å². The lowest BCUT2D eigenvalue weighted by molar-refractivity contribution is -0.870. The number of rotatable bonds is 15. The molecule has 0 atom stereocenters. The molecule has 0 spiro atoms. The van der Waals surface area contributed by atoms with E-state index in [0.29, 0.717) is 0 Å². The Hall–Kier alpha value is -0.0800. The number of unbranched alkanes of at least 4 members (excludes halogenated alkanes) is 13. The molecule has 0 amide bonds. The van der Waals surface area contributed by atoms with Gasteiger partial charge in [-0.1, -0.05) is 84.0 Å². The fourth-order valence-corrected chi connectivity index (χ4v) is 2.78. The van der Waals surface area contributed by atoms with Crippen LogP contribution in [0.2, 0.25) is 0 Å². The highest BCUT2D eigenvalue weighted by molar-refractivity contribution is 4.49. The highest BCUT2D eigenvalue weighted by Crippen LogP contribution is 2.13. The van der Waals surface area contributed by atoms with Crippen molar-refractivity contribution in [2.75, 3.05) is 27.7 Å². The van der Waals surface area contributed by atoms with Crippen molar-refractivity contribution in [1.82, 2.24) is 0 Å². The minimum atomic E-state index is 0. The van der Waals surface area contributed by atoms with E-state index in [-0.39, 0.29) is 5.48 Å². The van der Waals surface area contributed by atoms with Crippen LogP contribution in [0.25, 0.3) is 0 Å². The SMILES string of the molecule is CCCCCCCCCCCCCCCC[N+](C)(C)C.O. The Labute approximate surface area is 135 Å². The number of nitrogens with zero attached hydrogens (tertiary/aromatic N) is 1. The van der Waals surface area contributed by atoms with Gasteiger partial charge in [0.15, 0.2) is 0 Å². The minimum Gasteiger partial charge on any atom is -0.412 e. The van der Waals surface area contributed by atoms with E-state index in [0.717, 1.165) is 4.48 Å². The lowest BCUT2D eigenvalue weighted by Gasteiger charge is -2.23. The maximum Gasteiger partial charge on any atom is 0.0780 e. The van der Waals surface area contributed by atoms with Crippen LogP contribution in [-0.4, -0.2) is 37.6 Å². The molecule has 0 aliphatic carbocycles. The van der Waals surface area contributed by atoms with Crippen LogP contribution >= 0.6 is 0 Å². The van der Waals surface area contributed by atoms with Crippen LogP contribution in [0.4, 0.5) is 0 Å². The zero-order chi connectivity index (χ0) is 15.1. The minimum absolute atomic E-state index is 0. The molecule has 0 saturated heterocycles. The zero-order valence-corrected chi connectivity index (χ0v) is 15.6. The van der Waals surface area contributed by atoms with Crippen molar-refractivity contribution >= 4 is 0 Å². The van der Waals surface area contributed by atoms with Gasteiger partial charge >= 0.3 is 0 Å². The molecule has 0 rings (SSSR count). The van der Waals surface area contributed by atoms with Crippen molar-refractivity contribution in [3.8, 4) is 0 Å². The first kappa shape index (κ1) is 23.2. The van der Waals surface area contributed by atoms with Crippen LogP contribution in [0.5, 0.6) is 0 Å². The van der Waals surface area contributed by atoms with Crippen molar-refractivity contribution in [3.05, 3.63) is 0 Å². The zero-order valence-electron chi connectivity index (χ0n) is 15.6. The first-order valence-corrected chi connectivity index (χ1v) is 9.36. The Morgan fingerprint density at radius 2 is 0.762 bits per heavy atom. The second kappa shape index (κ2) is 16.3. The molecule has 2 heteroatoms. The third kappa shape index (κ3) is 22.3. The Balaban J connectivity index is 0. The summed E-state index contributed by atoms with van der Waals surface area (Å²) in [5, 5.41) is 0. The van der Waals surface area contributed by atoms with E-state index in [9.17, 15) is 0 Å². The highest BCUT2D eigenvalue weighted by atomic mass is 16.0. The molecule has 0 aliphatic heterocycles. The highest BCUT2D eigenvalue weighted by Gasteiger charge is 2.04. The second-order valence-electron chi connectivity index (χ2n) is 7.61. The molecular formula is C19H44NO+. The van der Waals surface area contributed by atoms with Gasteiger partial charge in [-0.2, -0.15) is 0 Å². The standard InChI is InChI=1S/C19H42N.H2O/c1-5-6-7-8-9-10-11-12-13-14-15-16-17-18-19-20(2,3)4;/h5-19H2,1-4H3;1H2/q+1;. The van der Waals surface area contributed by atoms with E-state index in [1.165, 1.54) is 96.4 Å². The Kier molecular flexibility index (Phi) is 18.0. The summed E-state index contributed by atoms with van der Waals surface area (Å²) < 4.78 is 1.12. The van der Waals surface area contributed by atoms with Crippen LogP contribution in [0.3, 0.4) is 0 Å². The molecule has 2 N–H and O–H groups in total. The van der Waals surface area contributed by atoms with Gasteiger partial charge < -0.3 is 9.96 Å². The number of hydrogen-bond donors (Lipinski definition) is 0. The Bertz CT molecular complexity index is 186. The average Bonchev–Trinajstić information content (AvgIpc) is 2.38. The molecule has 0 aromatic heterocycles. The summed E-state index contributed by atoms with van der Waals surface area (Å²) in [5.41, 5.74) is 0. The summed E-state index contributed by atoms with van der Waals surface area (Å²) >= 11 is 0. The quantitative estimate of drug-likeness (QED) is 0.288. The molecule has 0 heterocycles. The molecule has 0 saturated carbocycles. The number of quaternary nitrogens is 1. The van der Waals surface area contributed by atoms with Crippen LogP contribution < -0.4 is 0 Å². The van der Waals surface area contributed by atoms with E-state index in [4.69, 9.17) is 0 Å². The van der Waals surface area contributed by atoms with Crippen molar-refractivity contribution in [1.29, 1.82) is 0 Å². The summed E-state index contributed by atoms with van der Waals surface area (Å²) in [7, 11) is 6.88. The molecular weight excluding hydrogens is 258 g/mol. The molecule has 2 nitrogen and oxygen atoms in total. The smallest absolute Gasteiger partial charge is 0.0780 e. The van der Waals surface area contributed by atoms with Crippen LogP contribution in [0, 0.1) is 0 Å². The van der Waals surface area contributed by atoms with E-state index in [1.807, 2.05) is 0 Å². The van der Waals surface area contributed by atoms with Gasteiger partial charge in [-0.05, 0) is 12.8 Å². The maximum atomic E-state index is 2.29. The molecule has 0 radical (unpaired) electrons. The first-order valence-electron chi connectivity index (χ1n) is 9.36. The molecule has 0 fully saturated rings. The van der Waals surface area contributed by atoms with Gasteiger partial charge in [0.05, 0.1) is 27.7 Å². The summed E-state index contributed by atoms with van der Waals surface area (Å²) in [6.07, 6.45) is 20.4. The van der Waals surface area contributed by atoms with Gasteiger partial charge in [0, 0.05) is 0 Å². The van der Waals surface area contributed by atoms with Crippen LogP contribution in [0.15, 0.2) is 0 Å². The lowest BCUT2D eigenvalue weighted by Crippen LogP contribution is -2.35. The summed E-state index contributed by atoms with van der Waals surface area (Å²) in [5.74, 6) is 0. The maximum absolute atomic E-state index is 2.29. The van der Waals surface area contributed by atoms with Gasteiger partial charge in [0.1, 0.15) is 0 Å². The molecule has 130 valence electrons. The van der Waals surface area contributed by atoms with Crippen molar-refractivity contribution in [2.24, 2.45) is 0 Å². The predicted octanol–water partition coefficient (Wildman–Crippen LogP) is 5.35. The van der Waals surface area contributed by atoms with Gasteiger partial charge in [-0.15, -0.1) is 0 Å². The van der Waals surface area contributed by atoms with Gasteiger partial charge in [0.2, 0.25) is 0 Å². The van der Waals surface area contributed by atoms with Crippen molar-refractivity contribution in [3.63, 3.8) is 0 Å². The van der Waals surface area contributed by atoms with Crippen LogP contribution in [-0.2, 0) is 0 Å².